The molecular formula is C14H8F22O. The first-order valence-electron chi connectivity index (χ1n) is 8.36. The van der Waals surface area contributed by atoms with E-state index < -0.39 is 85.8 Å². The molecule has 2 unspecified atom stereocenters. The van der Waals surface area contributed by atoms with Gasteiger partial charge in [0.15, 0.2) is 0 Å². The van der Waals surface area contributed by atoms with Crippen LogP contribution in [0.4, 0.5) is 96.6 Å². The lowest BCUT2D eigenvalue weighted by molar-refractivity contribution is -0.443. The van der Waals surface area contributed by atoms with E-state index in [2.05, 4.69) is 4.74 Å². The third-order valence-electron chi connectivity index (χ3n) is 4.69. The highest BCUT2D eigenvalue weighted by Crippen LogP contribution is 2.62. The van der Waals surface area contributed by atoms with Crippen molar-refractivity contribution >= 4 is 0 Å². The predicted octanol–water partition coefficient (Wildman–Crippen LogP) is 7.99. The zero-order valence-electron chi connectivity index (χ0n) is 16.9. The fourth-order valence-electron chi connectivity index (χ4n) is 2.48. The number of hydrogen-bond acceptors (Lipinski definition) is 1. The average Bonchev–Trinajstić information content (AvgIpc) is 2.61. The van der Waals surface area contributed by atoms with Crippen molar-refractivity contribution in [3.05, 3.63) is 0 Å². The van der Waals surface area contributed by atoms with Crippen LogP contribution in [0.15, 0.2) is 0 Å². The summed E-state index contributed by atoms with van der Waals surface area (Å²) in [5.74, 6) is -30.8. The van der Waals surface area contributed by atoms with Gasteiger partial charge >= 0.3 is 59.7 Å². The molecule has 0 aliphatic rings. The first-order chi connectivity index (χ1) is 15.5. The number of alkyl halides is 22. The van der Waals surface area contributed by atoms with E-state index in [0.717, 1.165) is 0 Å². The van der Waals surface area contributed by atoms with E-state index in [1.807, 2.05) is 0 Å². The second kappa shape index (κ2) is 8.98. The van der Waals surface area contributed by atoms with Gasteiger partial charge in [-0.3, -0.25) is 0 Å². The maximum atomic E-state index is 13.8. The topological polar surface area (TPSA) is 9.23 Å². The van der Waals surface area contributed by atoms with Gasteiger partial charge in [-0.05, 0) is 13.8 Å². The predicted molar refractivity (Wildman–Crippen MR) is 71.7 cm³/mol. The Kier molecular flexibility index (Phi) is 8.60. The fraction of sp³-hybridized carbons (Fsp3) is 1.00. The van der Waals surface area contributed by atoms with Crippen LogP contribution in [0.25, 0.3) is 0 Å². The van der Waals surface area contributed by atoms with Crippen molar-refractivity contribution in [1.82, 2.24) is 0 Å². The van der Waals surface area contributed by atoms with Gasteiger partial charge in [0, 0.05) is 0 Å². The number of rotatable bonds is 8. The van der Waals surface area contributed by atoms with Crippen LogP contribution >= 0.6 is 0 Å². The summed E-state index contributed by atoms with van der Waals surface area (Å²) in [5.41, 5.74) is -16.4. The van der Waals surface area contributed by atoms with E-state index in [1.165, 1.54) is 0 Å². The Labute approximate surface area is 188 Å². The molecule has 1 nitrogen and oxygen atoms in total. The van der Waals surface area contributed by atoms with Gasteiger partial charge in [-0.15, -0.1) is 0 Å². The van der Waals surface area contributed by atoms with Crippen LogP contribution in [-0.2, 0) is 4.74 Å². The summed E-state index contributed by atoms with van der Waals surface area (Å²) in [7, 11) is 0. The van der Waals surface area contributed by atoms with Crippen molar-refractivity contribution < 1.29 is 101 Å². The Morgan fingerprint density at radius 3 is 0.649 bits per heavy atom. The van der Waals surface area contributed by atoms with Crippen molar-refractivity contribution in [3.63, 3.8) is 0 Å². The van der Waals surface area contributed by atoms with Crippen LogP contribution in [0.1, 0.15) is 13.8 Å². The minimum atomic E-state index is -8.20. The molecule has 37 heavy (non-hydrogen) atoms. The summed E-state index contributed by atoms with van der Waals surface area (Å²) < 4.78 is 289. The van der Waals surface area contributed by atoms with Crippen LogP contribution in [-0.4, -0.2) is 71.9 Å². The van der Waals surface area contributed by atoms with E-state index in [0.29, 0.717) is 0 Å². The number of hydrogen-bond donors (Lipinski definition) is 0. The van der Waals surface area contributed by atoms with Gasteiger partial charge in [-0.2, -0.15) is 87.8 Å². The summed E-state index contributed by atoms with van der Waals surface area (Å²) >= 11 is 0. The zero-order valence-corrected chi connectivity index (χ0v) is 16.9. The molecule has 0 N–H and O–H groups in total. The Morgan fingerprint density at radius 1 is 0.351 bits per heavy atom. The maximum Gasteiger partial charge on any atom is 0.438 e. The SMILES string of the molecule is CC(OC(C)C(F)(F)C(F)(F)C(F)(C(F)(F)F)C(F)(F)F)C(F)(F)C(F)(F)C(F)(C(F)(F)F)C(F)(F)F. The molecule has 0 aliphatic carbocycles. The summed E-state index contributed by atoms with van der Waals surface area (Å²) in [6.45, 7) is -1.83. The normalized spacial score (nSPS) is 18.2. The lowest BCUT2D eigenvalue weighted by Gasteiger charge is -2.43. The number of ether oxygens (including phenoxy) is 1. The van der Waals surface area contributed by atoms with E-state index in [-0.39, 0.29) is 0 Å². The largest absolute Gasteiger partial charge is 0.438 e. The molecule has 0 aromatic carbocycles. The van der Waals surface area contributed by atoms with Gasteiger partial charge in [-0.1, -0.05) is 0 Å². The minimum Gasteiger partial charge on any atom is -0.363 e. The molecule has 0 saturated carbocycles. The third kappa shape index (κ3) is 4.84. The van der Waals surface area contributed by atoms with Gasteiger partial charge in [0.25, 0.3) is 0 Å². The lowest BCUT2D eigenvalue weighted by atomic mass is 9.87. The molecule has 0 fully saturated rings. The van der Waals surface area contributed by atoms with Crippen LogP contribution in [0.5, 0.6) is 0 Å². The van der Waals surface area contributed by atoms with E-state index >= 15 is 0 Å². The molecule has 0 amide bonds. The highest BCUT2D eigenvalue weighted by atomic mass is 19.4. The van der Waals surface area contributed by atoms with Crippen LogP contribution in [0, 0.1) is 0 Å². The number of halogens is 22. The van der Waals surface area contributed by atoms with Crippen molar-refractivity contribution in [2.24, 2.45) is 0 Å². The molecule has 0 radical (unpaired) electrons. The van der Waals surface area contributed by atoms with E-state index in [4.69, 9.17) is 0 Å². The van der Waals surface area contributed by atoms with Gasteiger partial charge in [-0.25, -0.2) is 8.78 Å². The summed E-state index contributed by atoms with van der Waals surface area (Å²) in [4.78, 5) is 0. The van der Waals surface area contributed by atoms with Gasteiger partial charge in [0.2, 0.25) is 0 Å². The lowest BCUT2D eigenvalue weighted by Crippen LogP contribution is -2.73. The molecule has 0 bridgehead atoms. The molecular weight excluding hydrogens is 602 g/mol. The molecule has 0 saturated heterocycles. The molecule has 0 spiro atoms. The minimum absolute atomic E-state index is 0.915. The maximum absolute atomic E-state index is 13.8. The quantitative estimate of drug-likeness (QED) is 0.254. The second-order valence-electron chi connectivity index (χ2n) is 7.12. The molecule has 23 heteroatoms. The van der Waals surface area contributed by atoms with Crippen LogP contribution < -0.4 is 0 Å². The Morgan fingerprint density at radius 2 is 0.514 bits per heavy atom. The smallest absolute Gasteiger partial charge is 0.363 e. The monoisotopic (exact) mass is 610 g/mol. The Bertz CT molecular complexity index is 702. The fourth-order valence-corrected chi connectivity index (χ4v) is 2.48. The first kappa shape index (κ1) is 35.4. The van der Waals surface area contributed by atoms with Crippen LogP contribution in [0.3, 0.4) is 0 Å². The van der Waals surface area contributed by atoms with Crippen molar-refractivity contribution in [2.75, 3.05) is 0 Å². The molecule has 2 atom stereocenters. The second-order valence-corrected chi connectivity index (χ2v) is 7.12. The Hall–Kier alpha value is -1.58. The molecule has 0 heterocycles. The molecule has 224 valence electrons. The summed E-state index contributed by atoms with van der Waals surface area (Å²) in [6, 6.07) is 0. The molecule has 0 aliphatic heterocycles. The van der Waals surface area contributed by atoms with E-state index in [1.54, 1.807) is 0 Å². The van der Waals surface area contributed by atoms with Gasteiger partial charge in [0.05, 0.1) is 0 Å². The van der Waals surface area contributed by atoms with Crippen molar-refractivity contribution in [2.45, 2.75) is 85.8 Å². The average molecular weight is 610 g/mol. The molecule has 0 aromatic rings. The standard InChI is InChI=1S/C14H8F22O/c1-3(5(15,16)9(21,22)7(19,11(25,26)27)12(28,29)30)37-4(2)6(17,18)10(23,24)8(20,13(31,32)33)14(34,35)36/h3-4H,1-2H3. The van der Waals surface area contributed by atoms with Gasteiger partial charge < -0.3 is 4.74 Å². The van der Waals surface area contributed by atoms with E-state index in [9.17, 15) is 96.6 Å². The molecule has 0 aromatic heterocycles. The third-order valence-corrected chi connectivity index (χ3v) is 4.69. The van der Waals surface area contributed by atoms with Crippen molar-refractivity contribution in [1.29, 1.82) is 0 Å². The Balaban J connectivity index is 6.67. The first-order valence-corrected chi connectivity index (χ1v) is 8.36. The summed E-state index contributed by atoms with van der Waals surface area (Å²) in [6.07, 6.45) is -41.2. The summed E-state index contributed by atoms with van der Waals surface area (Å²) in [5, 5.41) is 0. The van der Waals surface area contributed by atoms with Gasteiger partial charge in [0.1, 0.15) is 12.2 Å². The highest BCUT2D eigenvalue weighted by Gasteiger charge is 2.92. The van der Waals surface area contributed by atoms with Crippen LogP contribution in [0.2, 0.25) is 0 Å². The highest BCUT2D eigenvalue weighted by molar-refractivity contribution is 5.14. The zero-order chi connectivity index (χ0) is 30.9. The molecule has 0 rings (SSSR count). The van der Waals surface area contributed by atoms with Crippen molar-refractivity contribution in [3.8, 4) is 0 Å².